The third-order valence-corrected chi connectivity index (χ3v) is 4.66. The Labute approximate surface area is 166 Å². The zero-order chi connectivity index (χ0) is 19.9. The molecule has 0 spiro atoms. The van der Waals surface area contributed by atoms with Crippen molar-refractivity contribution in [3.63, 3.8) is 0 Å². The number of amides is 2. The van der Waals surface area contributed by atoms with Crippen molar-refractivity contribution in [2.75, 3.05) is 11.9 Å². The quantitative estimate of drug-likeness (QED) is 0.638. The Morgan fingerprint density at radius 3 is 2.68 bits per heavy atom. The second-order valence-electron chi connectivity index (χ2n) is 5.92. The Morgan fingerprint density at radius 2 is 1.96 bits per heavy atom. The van der Waals surface area contributed by atoms with E-state index in [1.54, 1.807) is 24.5 Å². The molecule has 144 valence electrons. The van der Waals surface area contributed by atoms with Crippen LogP contribution in [0.5, 0.6) is 5.75 Å². The molecule has 0 bridgehead atoms. The van der Waals surface area contributed by atoms with Gasteiger partial charge in [-0.1, -0.05) is 12.1 Å². The Hall–Kier alpha value is -3.26. The molecule has 28 heavy (non-hydrogen) atoms. The average Bonchev–Trinajstić information content (AvgIpc) is 3.10. The van der Waals surface area contributed by atoms with E-state index in [1.807, 2.05) is 31.2 Å². The van der Waals surface area contributed by atoms with Crippen LogP contribution in [0, 0.1) is 0 Å². The summed E-state index contributed by atoms with van der Waals surface area (Å²) in [4.78, 5) is 28.7. The molecule has 3 rings (SSSR count). The predicted octanol–water partition coefficient (Wildman–Crippen LogP) is 3.49. The first kappa shape index (κ1) is 19.5. The number of aromatic nitrogens is 2. The van der Waals surface area contributed by atoms with E-state index in [4.69, 9.17) is 4.74 Å². The van der Waals surface area contributed by atoms with Crippen LogP contribution in [0.1, 0.15) is 29.1 Å². The molecule has 2 heterocycles. The van der Waals surface area contributed by atoms with Gasteiger partial charge in [-0.3, -0.25) is 14.6 Å². The maximum Gasteiger partial charge on any atom is 0.265 e. The highest BCUT2D eigenvalue weighted by molar-refractivity contribution is 7.09. The smallest absolute Gasteiger partial charge is 0.265 e. The number of nitrogens with one attached hydrogen (secondary N) is 2. The second-order valence-corrected chi connectivity index (χ2v) is 6.69. The molecule has 0 aliphatic heterocycles. The van der Waals surface area contributed by atoms with Crippen molar-refractivity contribution in [3.05, 3.63) is 59.2 Å². The standard InChI is InChI=1S/C20H20N4O3S/c1-3-27-16-6-4-5-14(11-16)12-22-20(26)19-18(23-13(2)25)17(24-28-19)15-7-9-21-10-8-15/h4-11H,3,12H2,1-2H3,(H,22,26)(H,23,25). The molecule has 0 saturated carbocycles. The maximum absolute atomic E-state index is 12.7. The summed E-state index contributed by atoms with van der Waals surface area (Å²) in [5.74, 6) is 0.184. The highest BCUT2D eigenvalue weighted by Crippen LogP contribution is 2.33. The number of pyridine rings is 1. The normalized spacial score (nSPS) is 10.4. The Kier molecular flexibility index (Phi) is 6.33. The van der Waals surface area contributed by atoms with Crippen molar-refractivity contribution in [2.24, 2.45) is 0 Å². The number of ether oxygens (including phenoxy) is 1. The van der Waals surface area contributed by atoms with Crippen LogP contribution in [0.4, 0.5) is 5.69 Å². The first-order valence-corrected chi connectivity index (χ1v) is 9.53. The van der Waals surface area contributed by atoms with Gasteiger partial charge in [-0.2, -0.15) is 4.37 Å². The average molecular weight is 396 g/mol. The molecule has 0 atom stereocenters. The van der Waals surface area contributed by atoms with Gasteiger partial charge in [0.25, 0.3) is 5.91 Å². The van der Waals surface area contributed by atoms with Gasteiger partial charge in [-0.15, -0.1) is 0 Å². The summed E-state index contributed by atoms with van der Waals surface area (Å²) < 4.78 is 9.85. The van der Waals surface area contributed by atoms with Crippen LogP contribution >= 0.6 is 11.5 Å². The summed E-state index contributed by atoms with van der Waals surface area (Å²) in [7, 11) is 0. The molecule has 8 heteroatoms. The molecule has 0 saturated heterocycles. The second kappa shape index (κ2) is 9.09. The van der Waals surface area contributed by atoms with Crippen LogP contribution in [0.3, 0.4) is 0 Å². The van der Waals surface area contributed by atoms with Gasteiger partial charge >= 0.3 is 0 Å². The lowest BCUT2D eigenvalue weighted by Crippen LogP contribution is -2.23. The first-order chi connectivity index (χ1) is 13.6. The number of carbonyl (C=O) groups is 2. The summed E-state index contributed by atoms with van der Waals surface area (Å²) >= 11 is 1.05. The van der Waals surface area contributed by atoms with E-state index in [9.17, 15) is 9.59 Å². The van der Waals surface area contributed by atoms with Crippen molar-refractivity contribution in [2.45, 2.75) is 20.4 Å². The molecule has 2 amide bonds. The Bertz CT molecular complexity index is 973. The van der Waals surface area contributed by atoms with Gasteiger partial charge in [0, 0.05) is 31.4 Å². The summed E-state index contributed by atoms with van der Waals surface area (Å²) in [6, 6.07) is 11.1. The van der Waals surface area contributed by atoms with E-state index >= 15 is 0 Å². The number of rotatable bonds is 7. The number of benzene rings is 1. The molecule has 0 radical (unpaired) electrons. The zero-order valence-electron chi connectivity index (χ0n) is 15.6. The molecule has 7 nitrogen and oxygen atoms in total. The van der Waals surface area contributed by atoms with Gasteiger partial charge in [-0.05, 0) is 48.3 Å². The molecule has 0 fully saturated rings. The van der Waals surface area contributed by atoms with Gasteiger partial charge in [0.2, 0.25) is 5.91 Å². The van der Waals surface area contributed by atoms with Crippen LogP contribution in [-0.4, -0.2) is 27.8 Å². The number of nitrogens with zero attached hydrogens (tertiary/aromatic N) is 2. The van der Waals surface area contributed by atoms with Crippen LogP contribution < -0.4 is 15.4 Å². The van der Waals surface area contributed by atoms with Gasteiger partial charge in [0.1, 0.15) is 16.3 Å². The third kappa shape index (κ3) is 4.72. The van der Waals surface area contributed by atoms with Crippen LogP contribution in [0.2, 0.25) is 0 Å². The van der Waals surface area contributed by atoms with Crippen molar-refractivity contribution >= 4 is 29.0 Å². The maximum atomic E-state index is 12.7. The predicted molar refractivity (Wildman–Crippen MR) is 108 cm³/mol. The lowest BCUT2D eigenvalue weighted by atomic mass is 10.1. The highest BCUT2D eigenvalue weighted by Gasteiger charge is 2.21. The van der Waals surface area contributed by atoms with Crippen molar-refractivity contribution in [1.29, 1.82) is 0 Å². The Balaban J connectivity index is 1.80. The van der Waals surface area contributed by atoms with Crippen molar-refractivity contribution < 1.29 is 14.3 Å². The number of carbonyl (C=O) groups excluding carboxylic acids is 2. The lowest BCUT2D eigenvalue weighted by molar-refractivity contribution is -0.114. The fraction of sp³-hybridized carbons (Fsp3) is 0.200. The van der Waals surface area contributed by atoms with Gasteiger partial charge in [0.15, 0.2) is 0 Å². The first-order valence-electron chi connectivity index (χ1n) is 8.76. The minimum absolute atomic E-state index is 0.269. The fourth-order valence-electron chi connectivity index (χ4n) is 2.62. The van der Waals surface area contributed by atoms with E-state index < -0.39 is 0 Å². The molecule has 2 aromatic heterocycles. The molecular formula is C20H20N4O3S. The van der Waals surface area contributed by atoms with Crippen LogP contribution in [0.15, 0.2) is 48.8 Å². The third-order valence-electron chi connectivity index (χ3n) is 3.82. The van der Waals surface area contributed by atoms with E-state index in [-0.39, 0.29) is 11.8 Å². The van der Waals surface area contributed by atoms with E-state index in [1.165, 1.54) is 6.92 Å². The summed E-state index contributed by atoms with van der Waals surface area (Å²) in [6.07, 6.45) is 3.27. The number of hydrogen-bond donors (Lipinski definition) is 2. The molecule has 2 N–H and O–H groups in total. The van der Waals surface area contributed by atoms with Crippen LogP contribution in [-0.2, 0) is 11.3 Å². The molecular weight excluding hydrogens is 376 g/mol. The molecule has 3 aromatic rings. The summed E-state index contributed by atoms with van der Waals surface area (Å²) in [5, 5.41) is 5.61. The SMILES string of the molecule is CCOc1cccc(CNC(=O)c2snc(-c3ccncc3)c2NC(C)=O)c1. The lowest BCUT2D eigenvalue weighted by Gasteiger charge is -2.09. The molecule has 0 aliphatic rings. The summed E-state index contributed by atoms with van der Waals surface area (Å²) in [5.41, 5.74) is 2.65. The van der Waals surface area contributed by atoms with Gasteiger partial charge < -0.3 is 15.4 Å². The minimum atomic E-state index is -0.302. The number of hydrogen-bond acceptors (Lipinski definition) is 6. The van der Waals surface area contributed by atoms with Gasteiger partial charge in [0.05, 0.1) is 12.3 Å². The van der Waals surface area contributed by atoms with Crippen LogP contribution in [0.25, 0.3) is 11.3 Å². The van der Waals surface area contributed by atoms with E-state index in [0.29, 0.717) is 29.4 Å². The van der Waals surface area contributed by atoms with Crippen molar-refractivity contribution in [1.82, 2.24) is 14.7 Å². The van der Waals surface area contributed by atoms with E-state index in [2.05, 4.69) is 20.0 Å². The highest BCUT2D eigenvalue weighted by atomic mass is 32.1. The molecule has 0 unspecified atom stereocenters. The monoisotopic (exact) mass is 396 g/mol. The van der Waals surface area contributed by atoms with E-state index in [0.717, 1.165) is 28.4 Å². The van der Waals surface area contributed by atoms with Crippen molar-refractivity contribution in [3.8, 4) is 17.0 Å². The molecule has 0 aliphatic carbocycles. The zero-order valence-corrected chi connectivity index (χ0v) is 16.4. The summed E-state index contributed by atoms with van der Waals surface area (Å²) in [6.45, 7) is 4.23. The fourth-order valence-corrected chi connectivity index (χ4v) is 3.39. The largest absolute Gasteiger partial charge is 0.494 e. The Morgan fingerprint density at radius 1 is 1.18 bits per heavy atom. The number of anilines is 1. The molecule has 1 aromatic carbocycles. The van der Waals surface area contributed by atoms with Gasteiger partial charge in [-0.25, -0.2) is 0 Å². The topological polar surface area (TPSA) is 93.2 Å². The minimum Gasteiger partial charge on any atom is -0.494 e.